The normalized spacial score (nSPS) is 14.2. The highest BCUT2D eigenvalue weighted by Gasteiger charge is 2.28. The molecule has 0 spiro atoms. The Morgan fingerprint density at radius 2 is 1.92 bits per heavy atom. The van der Waals surface area contributed by atoms with Gasteiger partial charge in [0.05, 0.1) is 24.1 Å². The Bertz CT molecular complexity index is 745. The molecular formula is C18H23F2N3O3. The minimum atomic E-state index is -1.19. The molecule has 0 saturated carbocycles. The van der Waals surface area contributed by atoms with Crippen molar-refractivity contribution >= 4 is 17.5 Å². The molecule has 1 aromatic carbocycles. The van der Waals surface area contributed by atoms with Gasteiger partial charge in [0.25, 0.3) is 11.8 Å². The third-order valence-electron chi connectivity index (χ3n) is 3.42. The Labute approximate surface area is 151 Å². The molecule has 0 atom stereocenters. The van der Waals surface area contributed by atoms with Crippen molar-refractivity contribution in [3.05, 3.63) is 52.8 Å². The highest BCUT2D eigenvalue weighted by molar-refractivity contribution is 6.03. The molecule has 0 aromatic heterocycles. The second kappa shape index (κ2) is 9.67. The summed E-state index contributed by atoms with van der Waals surface area (Å²) in [4.78, 5) is 29.7. The quantitative estimate of drug-likeness (QED) is 0.803. The second-order valence-corrected chi connectivity index (χ2v) is 5.24. The SMILES string of the molecule is CC.CONC(=O)C1=CCN(C)C(=O)C(F)=C1Nc1ccc(C)cc1F. The van der Waals surface area contributed by atoms with Gasteiger partial charge in [-0.15, -0.1) is 0 Å². The number of hydroxylamine groups is 1. The van der Waals surface area contributed by atoms with Gasteiger partial charge in [0.1, 0.15) is 5.82 Å². The van der Waals surface area contributed by atoms with E-state index in [1.807, 2.05) is 13.8 Å². The average Bonchev–Trinajstić information content (AvgIpc) is 2.72. The molecule has 2 N–H and O–H groups in total. The van der Waals surface area contributed by atoms with Crippen molar-refractivity contribution in [2.24, 2.45) is 0 Å². The third-order valence-corrected chi connectivity index (χ3v) is 3.42. The average molecular weight is 367 g/mol. The molecule has 1 heterocycles. The van der Waals surface area contributed by atoms with E-state index in [2.05, 4.69) is 15.6 Å². The molecule has 6 nitrogen and oxygen atoms in total. The molecule has 1 aliphatic rings. The first kappa shape index (κ1) is 21.3. The van der Waals surface area contributed by atoms with Crippen LogP contribution >= 0.6 is 0 Å². The van der Waals surface area contributed by atoms with Crippen molar-refractivity contribution in [1.29, 1.82) is 0 Å². The standard InChI is InChI=1S/C16H17F2N3O3.C2H6/c1-9-4-5-12(11(17)8-9)19-14-10(15(22)20-24-3)6-7-21(2)16(23)13(14)18;1-2/h4-6,8,19H,7H2,1-3H3,(H,20,22);1-2H3. The molecule has 0 bridgehead atoms. The zero-order valence-corrected chi connectivity index (χ0v) is 15.4. The monoisotopic (exact) mass is 367 g/mol. The number of anilines is 1. The molecule has 26 heavy (non-hydrogen) atoms. The molecule has 0 fully saturated rings. The molecule has 1 aliphatic heterocycles. The number of rotatable bonds is 4. The maximum Gasteiger partial charge on any atom is 0.284 e. The van der Waals surface area contributed by atoms with Crippen molar-refractivity contribution in [3.8, 4) is 0 Å². The van der Waals surface area contributed by atoms with Crippen LogP contribution in [0.2, 0.25) is 0 Å². The fourth-order valence-electron chi connectivity index (χ4n) is 2.14. The van der Waals surface area contributed by atoms with E-state index >= 15 is 0 Å². The van der Waals surface area contributed by atoms with Crippen molar-refractivity contribution in [3.63, 3.8) is 0 Å². The minimum absolute atomic E-state index is 0.0142. The maximum absolute atomic E-state index is 14.5. The van der Waals surface area contributed by atoms with Crippen molar-refractivity contribution in [2.45, 2.75) is 20.8 Å². The van der Waals surface area contributed by atoms with E-state index in [0.717, 1.165) is 4.90 Å². The van der Waals surface area contributed by atoms with Gasteiger partial charge < -0.3 is 10.2 Å². The predicted octanol–water partition coefficient (Wildman–Crippen LogP) is 2.83. The minimum Gasteiger partial charge on any atom is -0.350 e. The van der Waals surface area contributed by atoms with Gasteiger partial charge in [-0.25, -0.2) is 9.87 Å². The summed E-state index contributed by atoms with van der Waals surface area (Å²) in [5.74, 6) is -3.49. The maximum atomic E-state index is 14.5. The molecular weight excluding hydrogens is 344 g/mol. The summed E-state index contributed by atoms with van der Waals surface area (Å²) in [6, 6.07) is 4.27. The number of aryl methyl sites for hydroxylation is 1. The van der Waals surface area contributed by atoms with E-state index in [-0.39, 0.29) is 17.8 Å². The topological polar surface area (TPSA) is 70.7 Å². The number of carbonyl (C=O) groups excluding carboxylic acids is 2. The van der Waals surface area contributed by atoms with Gasteiger partial charge in [-0.3, -0.25) is 14.4 Å². The van der Waals surface area contributed by atoms with E-state index in [1.54, 1.807) is 13.0 Å². The summed E-state index contributed by atoms with van der Waals surface area (Å²) in [5, 5.41) is 2.50. The first-order valence-electron chi connectivity index (χ1n) is 8.07. The summed E-state index contributed by atoms with van der Waals surface area (Å²) in [6.07, 6.45) is 1.35. The third kappa shape index (κ3) is 4.89. The lowest BCUT2D eigenvalue weighted by Crippen LogP contribution is -2.27. The van der Waals surface area contributed by atoms with E-state index in [9.17, 15) is 18.4 Å². The Hall–Kier alpha value is -2.74. The van der Waals surface area contributed by atoms with E-state index < -0.39 is 29.2 Å². The van der Waals surface area contributed by atoms with Gasteiger partial charge in [0, 0.05) is 13.6 Å². The second-order valence-electron chi connectivity index (χ2n) is 5.24. The number of hydrogen-bond acceptors (Lipinski definition) is 4. The zero-order valence-electron chi connectivity index (χ0n) is 15.4. The highest BCUT2D eigenvalue weighted by Crippen LogP contribution is 2.26. The van der Waals surface area contributed by atoms with Gasteiger partial charge in [0.2, 0.25) is 5.83 Å². The highest BCUT2D eigenvalue weighted by atomic mass is 19.1. The van der Waals surface area contributed by atoms with Crippen LogP contribution in [0.15, 0.2) is 41.4 Å². The van der Waals surface area contributed by atoms with Crippen LogP contribution in [-0.2, 0) is 14.4 Å². The summed E-state index contributed by atoms with van der Waals surface area (Å²) >= 11 is 0. The lowest BCUT2D eigenvalue weighted by atomic mass is 10.1. The number of nitrogens with one attached hydrogen (secondary N) is 2. The molecule has 0 radical (unpaired) electrons. The van der Waals surface area contributed by atoms with E-state index in [0.29, 0.717) is 5.56 Å². The van der Waals surface area contributed by atoms with Gasteiger partial charge >= 0.3 is 0 Å². The van der Waals surface area contributed by atoms with Crippen molar-refractivity contribution in [1.82, 2.24) is 10.4 Å². The zero-order chi connectivity index (χ0) is 19.9. The van der Waals surface area contributed by atoms with Crippen molar-refractivity contribution in [2.75, 3.05) is 26.0 Å². The van der Waals surface area contributed by atoms with E-state index in [1.165, 1.54) is 32.4 Å². The first-order chi connectivity index (χ1) is 12.3. The van der Waals surface area contributed by atoms with Crippen LogP contribution in [0, 0.1) is 12.7 Å². The lowest BCUT2D eigenvalue weighted by Gasteiger charge is -2.15. The van der Waals surface area contributed by atoms with E-state index in [4.69, 9.17) is 0 Å². The largest absolute Gasteiger partial charge is 0.350 e. The number of nitrogens with zero attached hydrogens (tertiary/aromatic N) is 1. The number of carbonyl (C=O) groups is 2. The number of halogens is 2. The molecule has 0 aliphatic carbocycles. The Balaban J connectivity index is 0.00000163. The van der Waals surface area contributed by atoms with Crippen LogP contribution in [0.3, 0.4) is 0 Å². The van der Waals surface area contributed by atoms with Crippen LogP contribution in [-0.4, -0.2) is 37.4 Å². The molecule has 0 unspecified atom stereocenters. The number of hydrogen-bond donors (Lipinski definition) is 2. The van der Waals surface area contributed by atoms with Crippen LogP contribution in [0.5, 0.6) is 0 Å². The Morgan fingerprint density at radius 1 is 1.27 bits per heavy atom. The molecule has 142 valence electrons. The molecule has 1 aromatic rings. The van der Waals surface area contributed by atoms with Crippen LogP contribution in [0.1, 0.15) is 19.4 Å². The lowest BCUT2D eigenvalue weighted by molar-refractivity contribution is -0.127. The number of amides is 2. The van der Waals surface area contributed by atoms with Crippen molar-refractivity contribution < 1.29 is 23.2 Å². The molecule has 0 saturated heterocycles. The van der Waals surface area contributed by atoms with Crippen LogP contribution in [0.25, 0.3) is 0 Å². The predicted molar refractivity (Wildman–Crippen MR) is 95.1 cm³/mol. The van der Waals surface area contributed by atoms with Crippen LogP contribution < -0.4 is 10.8 Å². The first-order valence-corrected chi connectivity index (χ1v) is 8.07. The van der Waals surface area contributed by atoms with Gasteiger partial charge in [-0.1, -0.05) is 26.0 Å². The summed E-state index contributed by atoms with van der Waals surface area (Å²) in [6.45, 7) is 5.72. The van der Waals surface area contributed by atoms with Crippen LogP contribution in [0.4, 0.5) is 14.5 Å². The summed E-state index contributed by atoms with van der Waals surface area (Å²) < 4.78 is 28.6. The summed E-state index contributed by atoms with van der Waals surface area (Å²) in [7, 11) is 2.61. The fraction of sp³-hybridized carbons (Fsp3) is 0.333. The Kier molecular flexibility index (Phi) is 7.92. The Morgan fingerprint density at radius 3 is 2.50 bits per heavy atom. The summed E-state index contributed by atoms with van der Waals surface area (Å²) in [5.41, 5.74) is 2.11. The van der Waals surface area contributed by atoms with Gasteiger partial charge in [-0.05, 0) is 24.6 Å². The molecule has 2 rings (SSSR count). The number of likely N-dealkylation sites (N-methyl/N-ethyl adjacent to an activating group) is 1. The smallest absolute Gasteiger partial charge is 0.284 e. The van der Waals surface area contributed by atoms with Gasteiger partial charge in [-0.2, -0.15) is 4.39 Å². The number of benzene rings is 1. The molecule has 2 amide bonds. The van der Waals surface area contributed by atoms with Gasteiger partial charge in [0.15, 0.2) is 0 Å². The molecule has 8 heteroatoms. The fourth-order valence-corrected chi connectivity index (χ4v) is 2.14.